The molecule has 15 heavy (non-hydrogen) atoms. The lowest BCUT2D eigenvalue weighted by molar-refractivity contribution is 0.483. The average Bonchev–Trinajstić information content (AvgIpc) is 2.64. The number of hydrogen-bond donors (Lipinski definition) is 0. The third-order valence-electron chi connectivity index (χ3n) is 2.73. The zero-order valence-electron chi connectivity index (χ0n) is 8.94. The minimum absolute atomic E-state index is 0.482. The van der Waals surface area contributed by atoms with Gasteiger partial charge >= 0.3 is 0 Å². The molecule has 0 aliphatic rings. The number of hydrogen-bond acceptors (Lipinski definition) is 2. The third kappa shape index (κ3) is 1.84. The van der Waals surface area contributed by atoms with Gasteiger partial charge in [0.25, 0.3) is 0 Å². The molecule has 2 aromatic heterocycles. The second kappa shape index (κ2) is 4.19. The minimum Gasteiger partial charge on any atom is -0.326 e. The molecule has 0 amide bonds. The monoisotopic (exact) mass is 223 g/mol. The number of aromatic nitrogens is 3. The van der Waals surface area contributed by atoms with Gasteiger partial charge in [0.05, 0.1) is 16.9 Å². The predicted molar refractivity (Wildman–Crippen MR) is 62.2 cm³/mol. The second-order valence-corrected chi connectivity index (χ2v) is 4.05. The van der Waals surface area contributed by atoms with Crippen molar-refractivity contribution in [2.75, 3.05) is 0 Å². The maximum Gasteiger partial charge on any atom is 0.177 e. The van der Waals surface area contributed by atoms with Crippen LogP contribution in [0.3, 0.4) is 0 Å². The van der Waals surface area contributed by atoms with Crippen LogP contribution in [0, 0.1) is 0 Å². The summed E-state index contributed by atoms with van der Waals surface area (Å²) in [5, 5.41) is 0.662. The van der Waals surface area contributed by atoms with Crippen molar-refractivity contribution in [1.29, 1.82) is 0 Å². The first-order valence-electron chi connectivity index (χ1n) is 5.24. The molecule has 2 aromatic rings. The van der Waals surface area contributed by atoms with E-state index in [2.05, 4.69) is 28.4 Å². The van der Waals surface area contributed by atoms with Crippen LogP contribution in [0.15, 0.2) is 18.6 Å². The number of nitrogens with zero attached hydrogens (tertiary/aromatic N) is 3. The lowest BCUT2D eigenvalue weighted by atomic mass is 10.1. The van der Waals surface area contributed by atoms with Crippen molar-refractivity contribution in [3.05, 3.63) is 23.6 Å². The Hall–Kier alpha value is -1.09. The van der Waals surface area contributed by atoms with Gasteiger partial charge in [-0.2, -0.15) is 0 Å². The molecular weight excluding hydrogens is 210 g/mol. The van der Waals surface area contributed by atoms with Crippen molar-refractivity contribution >= 4 is 22.8 Å². The Bertz CT molecular complexity index is 460. The molecule has 0 unspecified atom stereocenters. The Kier molecular flexibility index (Phi) is 2.91. The molecule has 0 radical (unpaired) electrons. The van der Waals surface area contributed by atoms with E-state index in [-0.39, 0.29) is 0 Å². The zero-order valence-corrected chi connectivity index (χ0v) is 9.70. The molecule has 3 nitrogen and oxygen atoms in total. The first-order chi connectivity index (χ1) is 7.26. The van der Waals surface area contributed by atoms with Crippen LogP contribution < -0.4 is 0 Å². The maximum atomic E-state index is 5.94. The quantitative estimate of drug-likeness (QED) is 0.798. The summed E-state index contributed by atoms with van der Waals surface area (Å²) in [4.78, 5) is 8.46. The Labute approximate surface area is 94.1 Å². The van der Waals surface area contributed by atoms with Gasteiger partial charge in [-0.15, -0.1) is 0 Å². The zero-order chi connectivity index (χ0) is 10.8. The van der Waals surface area contributed by atoms with E-state index in [1.54, 1.807) is 6.20 Å². The molecule has 0 saturated carbocycles. The van der Waals surface area contributed by atoms with E-state index in [9.17, 15) is 0 Å². The van der Waals surface area contributed by atoms with E-state index in [1.165, 1.54) is 0 Å². The minimum atomic E-state index is 0.482. The molecule has 0 fully saturated rings. The summed E-state index contributed by atoms with van der Waals surface area (Å²) >= 11 is 5.94. The van der Waals surface area contributed by atoms with Gasteiger partial charge in [-0.05, 0) is 18.9 Å². The van der Waals surface area contributed by atoms with Crippen LogP contribution in [-0.2, 0) is 0 Å². The van der Waals surface area contributed by atoms with Crippen LogP contribution in [-0.4, -0.2) is 14.5 Å². The van der Waals surface area contributed by atoms with Gasteiger partial charge in [-0.25, -0.2) is 9.97 Å². The van der Waals surface area contributed by atoms with Crippen molar-refractivity contribution < 1.29 is 0 Å². The highest BCUT2D eigenvalue weighted by Gasteiger charge is 2.11. The molecule has 4 heteroatoms. The normalized spacial score (nSPS) is 11.5. The SMILES string of the molecule is CCC(CC)n1cnc2ncc(Cl)cc21. The van der Waals surface area contributed by atoms with Gasteiger partial charge in [-0.3, -0.25) is 0 Å². The number of rotatable bonds is 3. The van der Waals surface area contributed by atoms with Crippen molar-refractivity contribution in [2.45, 2.75) is 32.7 Å². The highest BCUT2D eigenvalue weighted by molar-refractivity contribution is 6.31. The first-order valence-corrected chi connectivity index (χ1v) is 5.62. The standard InChI is InChI=1S/C11H14ClN3/c1-3-9(4-2)15-7-14-11-10(15)5-8(12)6-13-11/h5-7,9H,3-4H2,1-2H3. The highest BCUT2D eigenvalue weighted by atomic mass is 35.5. The Balaban J connectivity index is 2.55. The van der Waals surface area contributed by atoms with E-state index in [0.717, 1.165) is 24.0 Å². The summed E-state index contributed by atoms with van der Waals surface area (Å²) in [6.45, 7) is 4.36. The van der Waals surface area contributed by atoms with Gasteiger partial charge in [0, 0.05) is 12.2 Å². The summed E-state index contributed by atoms with van der Waals surface area (Å²) < 4.78 is 2.16. The van der Waals surface area contributed by atoms with Crippen LogP contribution >= 0.6 is 11.6 Å². The van der Waals surface area contributed by atoms with Crippen molar-refractivity contribution in [2.24, 2.45) is 0 Å². The number of fused-ring (bicyclic) bond motifs is 1. The van der Waals surface area contributed by atoms with Crippen LogP contribution in [0.5, 0.6) is 0 Å². The highest BCUT2D eigenvalue weighted by Crippen LogP contribution is 2.23. The van der Waals surface area contributed by atoms with E-state index in [4.69, 9.17) is 11.6 Å². The molecule has 0 atom stereocenters. The molecule has 0 spiro atoms. The van der Waals surface area contributed by atoms with Gasteiger partial charge in [-0.1, -0.05) is 25.4 Å². The molecule has 2 heterocycles. The molecule has 0 bridgehead atoms. The lowest BCUT2D eigenvalue weighted by Gasteiger charge is -2.14. The third-order valence-corrected chi connectivity index (χ3v) is 2.94. The number of halogens is 1. The Morgan fingerprint density at radius 1 is 1.33 bits per heavy atom. The molecule has 2 rings (SSSR count). The second-order valence-electron chi connectivity index (χ2n) is 3.62. The summed E-state index contributed by atoms with van der Waals surface area (Å²) in [7, 11) is 0. The van der Waals surface area contributed by atoms with Gasteiger partial charge < -0.3 is 4.57 Å². The number of imidazole rings is 1. The summed E-state index contributed by atoms with van der Waals surface area (Å²) in [6.07, 6.45) is 5.67. The summed E-state index contributed by atoms with van der Waals surface area (Å²) in [5.41, 5.74) is 1.79. The Morgan fingerprint density at radius 3 is 2.73 bits per heavy atom. The molecular formula is C11H14ClN3. The van der Waals surface area contributed by atoms with Crippen LogP contribution in [0.25, 0.3) is 11.2 Å². The molecule has 0 aromatic carbocycles. The fourth-order valence-corrected chi connectivity index (χ4v) is 2.02. The smallest absolute Gasteiger partial charge is 0.177 e. The molecule has 0 aliphatic heterocycles. The lowest BCUT2D eigenvalue weighted by Crippen LogP contribution is -2.05. The topological polar surface area (TPSA) is 30.7 Å². The maximum absolute atomic E-state index is 5.94. The summed E-state index contributed by atoms with van der Waals surface area (Å²) in [5.74, 6) is 0. The first kappa shape index (κ1) is 10.4. The van der Waals surface area contributed by atoms with Crippen LogP contribution in [0.2, 0.25) is 5.02 Å². The fraction of sp³-hybridized carbons (Fsp3) is 0.455. The van der Waals surface area contributed by atoms with E-state index < -0.39 is 0 Å². The average molecular weight is 224 g/mol. The molecule has 0 N–H and O–H groups in total. The van der Waals surface area contributed by atoms with E-state index in [1.807, 2.05) is 12.4 Å². The van der Waals surface area contributed by atoms with Gasteiger partial charge in [0.1, 0.15) is 0 Å². The molecule has 0 saturated heterocycles. The number of pyridine rings is 1. The molecule has 80 valence electrons. The van der Waals surface area contributed by atoms with Gasteiger partial charge in [0.15, 0.2) is 5.65 Å². The van der Waals surface area contributed by atoms with Crippen LogP contribution in [0.4, 0.5) is 0 Å². The van der Waals surface area contributed by atoms with E-state index >= 15 is 0 Å². The van der Waals surface area contributed by atoms with Gasteiger partial charge in [0.2, 0.25) is 0 Å². The fourth-order valence-electron chi connectivity index (χ4n) is 1.86. The largest absolute Gasteiger partial charge is 0.326 e. The van der Waals surface area contributed by atoms with Crippen molar-refractivity contribution in [1.82, 2.24) is 14.5 Å². The predicted octanol–water partition coefficient (Wildman–Crippen LogP) is 3.45. The summed E-state index contributed by atoms with van der Waals surface area (Å²) in [6, 6.07) is 2.41. The van der Waals surface area contributed by atoms with E-state index in [0.29, 0.717) is 11.1 Å². The van der Waals surface area contributed by atoms with Crippen molar-refractivity contribution in [3.8, 4) is 0 Å². The molecule has 0 aliphatic carbocycles. The van der Waals surface area contributed by atoms with Crippen molar-refractivity contribution in [3.63, 3.8) is 0 Å². The van der Waals surface area contributed by atoms with Crippen LogP contribution in [0.1, 0.15) is 32.7 Å². The Morgan fingerprint density at radius 2 is 2.07 bits per heavy atom.